The third kappa shape index (κ3) is 6.32. The second-order valence-corrected chi connectivity index (χ2v) is 8.42. The predicted octanol–water partition coefficient (Wildman–Crippen LogP) is 7.15. The molecule has 4 nitrogen and oxygen atoms in total. The normalized spacial score (nSPS) is 11.4. The fraction of sp³-hybridized carbons (Fsp3) is 0.538. The third-order valence-corrected chi connectivity index (χ3v) is 5.93. The minimum Gasteiger partial charge on any atom is -0.506 e. The molecule has 0 spiro atoms. The standard InChI is InChI=1S/C26H37N3O/c1-3-5-6-7-8-9-10-11-12-13-14-22-16-18-25(26(30)20-22)29-27-23-17-15-21(4-2)19-24(23)28-29/h15-20,30H,3-14H2,1-2H3. The number of hydrogen-bond acceptors (Lipinski definition) is 3. The molecule has 0 atom stereocenters. The van der Waals surface area contributed by atoms with Gasteiger partial charge in [0, 0.05) is 0 Å². The molecule has 0 unspecified atom stereocenters. The molecule has 3 rings (SSSR count). The van der Waals surface area contributed by atoms with Crippen molar-refractivity contribution in [1.29, 1.82) is 0 Å². The van der Waals surface area contributed by atoms with E-state index in [-0.39, 0.29) is 5.75 Å². The smallest absolute Gasteiger partial charge is 0.143 e. The van der Waals surface area contributed by atoms with Crippen LogP contribution in [0.25, 0.3) is 16.7 Å². The van der Waals surface area contributed by atoms with Crippen LogP contribution in [0.15, 0.2) is 36.4 Å². The van der Waals surface area contributed by atoms with Crippen molar-refractivity contribution in [1.82, 2.24) is 15.0 Å². The molecule has 0 saturated carbocycles. The maximum Gasteiger partial charge on any atom is 0.143 e. The van der Waals surface area contributed by atoms with Crippen LogP contribution in [0.1, 0.15) is 89.2 Å². The summed E-state index contributed by atoms with van der Waals surface area (Å²) in [6.45, 7) is 4.40. The second-order valence-electron chi connectivity index (χ2n) is 8.42. The number of phenols is 1. The van der Waals surface area contributed by atoms with Gasteiger partial charge in [0.2, 0.25) is 0 Å². The first kappa shape index (κ1) is 22.3. The van der Waals surface area contributed by atoms with E-state index >= 15 is 0 Å². The van der Waals surface area contributed by atoms with Crippen LogP contribution in [0.3, 0.4) is 0 Å². The first-order chi connectivity index (χ1) is 14.7. The van der Waals surface area contributed by atoms with Crippen LogP contribution in [0.4, 0.5) is 0 Å². The lowest BCUT2D eigenvalue weighted by molar-refractivity contribution is 0.466. The maximum atomic E-state index is 10.5. The van der Waals surface area contributed by atoms with Gasteiger partial charge in [0.15, 0.2) is 0 Å². The molecule has 0 fully saturated rings. The van der Waals surface area contributed by atoms with E-state index in [0.29, 0.717) is 5.69 Å². The highest BCUT2D eigenvalue weighted by Gasteiger charge is 2.10. The van der Waals surface area contributed by atoms with Gasteiger partial charge in [-0.2, -0.15) is 0 Å². The van der Waals surface area contributed by atoms with Gasteiger partial charge in [-0.25, -0.2) is 0 Å². The zero-order valence-corrected chi connectivity index (χ0v) is 18.7. The first-order valence-corrected chi connectivity index (χ1v) is 11.9. The van der Waals surface area contributed by atoms with E-state index in [9.17, 15) is 5.11 Å². The van der Waals surface area contributed by atoms with Crippen LogP contribution in [-0.4, -0.2) is 20.1 Å². The Morgan fingerprint density at radius 2 is 1.33 bits per heavy atom. The number of benzene rings is 2. The molecule has 1 heterocycles. The second kappa shape index (κ2) is 11.7. The molecule has 0 saturated heterocycles. The van der Waals surface area contributed by atoms with E-state index in [1.54, 1.807) is 4.80 Å². The zero-order valence-electron chi connectivity index (χ0n) is 18.7. The molecule has 2 aromatic carbocycles. The summed E-state index contributed by atoms with van der Waals surface area (Å²) >= 11 is 0. The van der Waals surface area contributed by atoms with Gasteiger partial charge in [-0.05, 0) is 54.7 Å². The quantitative estimate of drug-likeness (QED) is 0.306. The average molecular weight is 408 g/mol. The lowest BCUT2D eigenvalue weighted by atomic mass is 10.0. The number of unbranched alkanes of at least 4 members (excludes halogenated alkanes) is 9. The Morgan fingerprint density at radius 1 is 0.700 bits per heavy atom. The number of hydrogen-bond donors (Lipinski definition) is 1. The number of nitrogens with zero attached hydrogens (tertiary/aromatic N) is 3. The van der Waals surface area contributed by atoms with Crippen molar-refractivity contribution >= 4 is 11.0 Å². The molecule has 1 N–H and O–H groups in total. The largest absolute Gasteiger partial charge is 0.506 e. The summed E-state index contributed by atoms with van der Waals surface area (Å²) < 4.78 is 0. The Hall–Kier alpha value is -2.36. The van der Waals surface area contributed by atoms with Crippen molar-refractivity contribution in [3.05, 3.63) is 47.5 Å². The Morgan fingerprint density at radius 3 is 2.00 bits per heavy atom. The van der Waals surface area contributed by atoms with Gasteiger partial charge in [0.25, 0.3) is 0 Å². The van der Waals surface area contributed by atoms with E-state index in [4.69, 9.17) is 0 Å². The van der Waals surface area contributed by atoms with Gasteiger partial charge >= 0.3 is 0 Å². The van der Waals surface area contributed by atoms with Gasteiger partial charge in [0.1, 0.15) is 22.5 Å². The van der Waals surface area contributed by atoms with Crippen molar-refractivity contribution in [3.63, 3.8) is 0 Å². The fourth-order valence-electron chi connectivity index (χ4n) is 4.00. The predicted molar refractivity (Wildman–Crippen MR) is 125 cm³/mol. The highest BCUT2D eigenvalue weighted by Crippen LogP contribution is 2.24. The molecular weight excluding hydrogens is 370 g/mol. The van der Waals surface area contributed by atoms with Crippen LogP contribution in [0, 0.1) is 0 Å². The third-order valence-electron chi connectivity index (χ3n) is 5.93. The van der Waals surface area contributed by atoms with Gasteiger partial charge in [0.05, 0.1) is 0 Å². The maximum absolute atomic E-state index is 10.5. The highest BCUT2D eigenvalue weighted by molar-refractivity contribution is 5.74. The van der Waals surface area contributed by atoms with Crippen molar-refractivity contribution in [2.45, 2.75) is 90.9 Å². The molecule has 0 aliphatic rings. The average Bonchev–Trinajstić information content (AvgIpc) is 3.18. The molecule has 162 valence electrons. The lowest BCUT2D eigenvalue weighted by Crippen LogP contribution is -1.99. The number of rotatable bonds is 13. The Labute approximate surface area is 181 Å². The summed E-state index contributed by atoms with van der Waals surface area (Å²) in [6, 6.07) is 12.0. The summed E-state index contributed by atoms with van der Waals surface area (Å²) in [4.78, 5) is 1.55. The minimum absolute atomic E-state index is 0.246. The molecule has 1 aromatic heterocycles. The summed E-state index contributed by atoms with van der Waals surface area (Å²) in [5.74, 6) is 0.246. The van der Waals surface area contributed by atoms with Crippen molar-refractivity contribution in [2.24, 2.45) is 0 Å². The Balaban J connectivity index is 1.45. The number of aromatic nitrogens is 3. The van der Waals surface area contributed by atoms with Gasteiger partial charge < -0.3 is 5.11 Å². The molecule has 0 amide bonds. The SMILES string of the molecule is CCCCCCCCCCCCc1ccc(-n2nc3ccc(CC)cc3n2)c(O)c1. The monoisotopic (exact) mass is 407 g/mol. The lowest BCUT2D eigenvalue weighted by Gasteiger charge is -2.07. The zero-order chi connectivity index (χ0) is 21.2. The van der Waals surface area contributed by atoms with Crippen molar-refractivity contribution in [2.75, 3.05) is 0 Å². The molecule has 4 heteroatoms. The van der Waals surface area contributed by atoms with E-state index < -0.39 is 0 Å². The van der Waals surface area contributed by atoms with Gasteiger partial charge in [-0.3, -0.25) is 0 Å². The van der Waals surface area contributed by atoms with Crippen molar-refractivity contribution in [3.8, 4) is 11.4 Å². The molecule has 3 aromatic rings. The molecule has 30 heavy (non-hydrogen) atoms. The van der Waals surface area contributed by atoms with E-state index in [2.05, 4.69) is 42.2 Å². The van der Waals surface area contributed by atoms with E-state index in [1.165, 1.54) is 75.3 Å². The van der Waals surface area contributed by atoms with Crippen LogP contribution >= 0.6 is 0 Å². The minimum atomic E-state index is 0.246. The van der Waals surface area contributed by atoms with Gasteiger partial charge in [-0.15, -0.1) is 15.0 Å². The van der Waals surface area contributed by atoms with Crippen molar-refractivity contribution < 1.29 is 5.11 Å². The van der Waals surface area contributed by atoms with Gasteiger partial charge in [-0.1, -0.05) is 83.8 Å². The van der Waals surface area contributed by atoms with Crippen LogP contribution in [0.2, 0.25) is 0 Å². The van der Waals surface area contributed by atoms with Crippen LogP contribution in [0.5, 0.6) is 5.75 Å². The number of aromatic hydroxyl groups is 1. The molecule has 0 radical (unpaired) electrons. The molecule has 0 aliphatic carbocycles. The van der Waals surface area contributed by atoms with Crippen LogP contribution in [-0.2, 0) is 12.8 Å². The number of phenolic OH excluding ortho intramolecular Hbond substituents is 1. The molecule has 0 aliphatic heterocycles. The summed E-state index contributed by atoms with van der Waals surface area (Å²) in [5, 5.41) is 19.6. The van der Waals surface area contributed by atoms with Crippen LogP contribution < -0.4 is 0 Å². The Bertz CT molecular complexity index is 916. The summed E-state index contributed by atoms with van der Waals surface area (Å²) in [5.41, 5.74) is 4.77. The van der Waals surface area contributed by atoms with E-state index in [0.717, 1.165) is 23.9 Å². The molecular formula is C26H37N3O. The highest BCUT2D eigenvalue weighted by atomic mass is 16.3. The Kier molecular flexibility index (Phi) is 8.73. The summed E-state index contributed by atoms with van der Waals surface area (Å²) in [6.07, 6.45) is 15.4. The first-order valence-electron chi connectivity index (χ1n) is 11.9. The molecule has 0 bridgehead atoms. The number of aryl methyl sites for hydroxylation is 2. The number of fused-ring (bicyclic) bond motifs is 1. The summed E-state index contributed by atoms with van der Waals surface area (Å²) in [7, 11) is 0. The van der Waals surface area contributed by atoms with E-state index in [1.807, 2.05) is 18.2 Å². The topological polar surface area (TPSA) is 50.9 Å². The fourth-order valence-corrected chi connectivity index (χ4v) is 4.00.